The Kier molecular flexibility index (Phi) is 4.14. The molecule has 0 atom stereocenters. The Hall–Kier alpha value is -1.53. The highest BCUT2D eigenvalue weighted by Gasteiger charge is 2.06. The average Bonchev–Trinajstić information content (AvgIpc) is 2.25. The quantitative estimate of drug-likeness (QED) is 0.809. The normalized spacial score (nSPS) is 9.73. The first-order valence-electron chi connectivity index (χ1n) is 5.11. The van der Waals surface area contributed by atoms with Gasteiger partial charge in [0.05, 0.1) is 11.3 Å². The van der Waals surface area contributed by atoms with E-state index in [1.807, 2.05) is 32.2 Å². The minimum Gasteiger partial charge on any atom is -0.373 e. The average molecular weight is 203 g/mol. The lowest BCUT2D eigenvalue weighted by atomic mass is 10.1. The van der Waals surface area contributed by atoms with E-state index in [-0.39, 0.29) is 0 Å². The molecule has 0 spiro atoms. The number of anilines is 1. The fourth-order valence-corrected chi connectivity index (χ4v) is 1.50. The highest BCUT2D eigenvalue weighted by atomic mass is 15.1. The van der Waals surface area contributed by atoms with Gasteiger partial charge in [-0.1, -0.05) is 6.07 Å². The van der Waals surface area contributed by atoms with Crippen LogP contribution >= 0.6 is 0 Å². The van der Waals surface area contributed by atoms with Crippen LogP contribution in [-0.2, 0) is 0 Å². The Morgan fingerprint density at radius 1 is 1.47 bits per heavy atom. The maximum Gasteiger partial charge on any atom is 0.101 e. The second-order valence-corrected chi connectivity index (χ2v) is 3.70. The smallest absolute Gasteiger partial charge is 0.101 e. The summed E-state index contributed by atoms with van der Waals surface area (Å²) < 4.78 is 0. The number of aryl methyl sites for hydroxylation is 1. The highest BCUT2D eigenvalue weighted by Crippen LogP contribution is 2.20. The molecule has 1 rings (SSSR count). The second-order valence-electron chi connectivity index (χ2n) is 3.70. The standard InChI is InChI=1S/C12H17N3/c1-10-4-5-11(9-14)12(8-10)15(2)7-3-6-13/h4-5,8H,3,6-7,13H2,1-2H3. The summed E-state index contributed by atoms with van der Waals surface area (Å²) in [5.74, 6) is 0. The van der Waals surface area contributed by atoms with Crippen LogP contribution in [0.4, 0.5) is 5.69 Å². The molecule has 0 aliphatic heterocycles. The maximum absolute atomic E-state index is 8.98. The van der Waals surface area contributed by atoms with E-state index in [1.54, 1.807) is 0 Å². The zero-order valence-electron chi connectivity index (χ0n) is 9.33. The largest absolute Gasteiger partial charge is 0.373 e. The summed E-state index contributed by atoms with van der Waals surface area (Å²) in [7, 11) is 1.99. The summed E-state index contributed by atoms with van der Waals surface area (Å²) in [5, 5.41) is 8.98. The maximum atomic E-state index is 8.98. The summed E-state index contributed by atoms with van der Waals surface area (Å²) in [5.41, 5.74) is 8.35. The van der Waals surface area contributed by atoms with Crippen molar-refractivity contribution in [2.24, 2.45) is 5.73 Å². The van der Waals surface area contributed by atoms with Gasteiger partial charge in [-0.2, -0.15) is 5.26 Å². The monoisotopic (exact) mass is 203 g/mol. The Morgan fingerprint density at radius 2 is 2.20 bits per heavy atom. The number of benzene rings is 1. The first kappa shape index (κ1) is 11.5. The number of nitrogens with zero attached hydrogens (tertiary/aromatic N) is 2. The van der Waals surface area contributed by atoms with Gasteiger partial charge in [0.25, 0.3) is 0 Å². The lowest BCUT2D eigenvalue weighted by Gasteiger charge is -2.20. The van der Waals surface area contributed by atoms with Crippen molar-refractivity contribution in [3.8, 4) is 6.07 Å². The van der Waals surface area contributed by atoms with Crippen LogP contribution in [0.5, 0.6) is 0 Å². The molecule has 80 valence electrons. The van der Waals surface area contributed by atoms with E-state index in [9.17, 15) is 0 Å². The molecule has 0 bridgehead atoms. The van der Waals surface area contributed by atoms with E-state index in [0.717, 1.165) is 24.2 Å². The van der Waals surface area contributed by atoms with Crippen molar-refractivity contribution in [3.05, 3.63) is 29.3 Å². The SMILES string of the molecule is Cc1ccc(C#N)c(N(C)CCCN)c1. The van der Waals surface area contributed by atoms with E-state index >= 15 is 0 Å². The molecule has 3 heteroatoms. The third-order valence-electron chi connectivity index (χ3n) is 2.38. The van der Waals surface area contributed by atoms with E-state index in [4.69, 9.17) is 11.0 Å². The molecule has 0 aliphatic carbocycles. The summed E-state index contributed by atoms with van der Waals surface area (Å²) in [4.78, 5) is 2.08. The number of hydrogen-bond acceptors (Lipinski definition) is 3. The summed E-state index contributed by atoms with van der Waals surface area (Å²) in [6, 6.07) is 8.07. The van der Waals surface area contributed by atoms with Crippen LogP contribution in [0.1, 0.15) is 17.5 Å². The van der Waals surface area contributed by atoms with Crippen LogP contribution in [0.2, 0.25) is 0 Å². The predicted molar refractivity (Wildman–Crippen MR) is 62.8 cm³/mol. The molecule has 1 aromatic rings. The number of nitriles is 1. The van der Waals surface area contributed by atoms with Crippen LogP contribution in [0.15, 0.2) is 18.2 Å². The molecule has 0 aromatic heterocycles. The van der Waals surface area contributed by atoms with Crippen molar-refractivity contribution in [2.45, 2.75) is 13.3 Å². The van der Waals surface area contributed by atoms with Gasteiger partial charge in [-0.05, 0) is 37.6 Å². The molecular formula is C12H17N3. The van der Waals surface area contributed by atoms with Gasteiger partial charge in [0, 0.05) is 13.6 Å². The highest BCUT2D eigenvalue weighted by molar-refractivity contribution is 5.60. The fourth-order valence-electron chi connectivity index (χ4n) is 1.50. The third-order valence-corrected chi connectivity index (χ3v) is 2.38. The van der Waals surface area contributed by atoms with Gasteiger partial charge in [-0.3, -0.25) is 0 Å². The summed E-state index contributed by atoms with van der Waals surface area (Å²) in [6.45, 7) is 3.59. The van der Waals surface area contributed by atoms with E-state index < -0.39 is 0 Å². The molecule has 0 saturated heterocycles. The summed E-state index contributed by atoms with van der Waals surface area (Å²) in [6.07, 6.45) is 0.940. The van der Waals surface area contributed by atoms with Gasteiger partial charge in [-0.15, -0.1) is 0 Å². The molecule has 0 amide bonds. The molecule has 2 N–H and O–H groups in total. The molecular weight excluding hydrogens is 186 g/mol. The minimum atomic E-state index is 0.679. The first-order chi connectivity index (χ1) is 7.19. The van der Waals surface area contributed by atoms with Gasteiger partial charge >= 0.3 is 0 Å². The van der Waals surface area contributed by atoms with E-state index in [1.165, 1.54) is 5.56 Å². The molecule has 0 radical (unpaired) electrons. The summed E-state index contributed by atoms with van der Waals surface area (Å²) >= 11 is 0. The predicted octanol–water partition coefficient (Wildman–Crippen LogP) is 1.65. The van der Waals surface area contributed by atoms with Crippen molar-refractivity contribution in [1.82, 2.24) is 0 Å². The van der Waals surface area contributed by atoms with Gasteiger partial charge in [0.15, 0.2) is 0 Å². The third kappa shape index (κ3) is 2.97. The molecule has 15 heavy (non-hydrogen) atoms. The molecule has 0 unspecified atom stereocenters. The fraction of sp³-hybridized carbons (Fsp3) is 0.417. The molecule has 0 aliphatic rings. The first-order valence-corrected chi connectivity index (χ1v) is 5.11. The second kappa shape index (κ2) is 5.38. The molecule has 0 heterocycles. The van der Waals surface area contributed by atoms with Crippen molar-refractivity contribution >= 4 is 5.69 Å². The van der Waals surface area contributed by atoms with Crippen molar-refractivity contribution in [2.75, 3.05) is 25.0 Å². The van der Waals surface area contributed by atoms with Crippen molar-refractivity contribution in [3.63, 3.8) is 0 Å². The Bertz CT molecular complexity index is 366. The van der Waals surface area contributed by atoms with Crippen LogP contribution in [-0.4, -0.2) is 20.1 Å². The Balaban J connectivity index is 2.91. The number of nitrogens with two attached hydrogens (primary N) is 1. The van der Waals surface area contributed by atoms with Crippen molar-refractivity contribution in [1.29, 1.82) is 5.26 Å². The van der Waals surface area contributed by atoms with E-state index in [2.05, 4.69) is 11.0 Å². The van der Waals surface area contributed by atoms with Crippen molar-refractivity contribution < 1.29 is 0 Å². The number of hydrogen-bond donors (Lipinski definition) is 1. The number of rotatable bonds is 4. The molecule has 3 nitrogen and oxygen atoms in total. The molecule has 1 aromatic carbocycles. The van der Waals surface area contributed by atoms with Crippen LogP contribution < -0.4 is 10.6 Å². The Labute approximate surface area is 91.1 Å². The van der Waals surface area contributed by atoms with Crippen LogP contribution in [0, 0.1) is 18.3 Å². The molecule has 0 saturated carbocycles. The van der Waals surface area contributed by atoms with Crippen LogP contribution in [0.3, 0.4) is 0 Å². The van der Waals surface area contributed by atoms with Gasteiger partial charge in [-0.25, -0.2) is 0 Å². The zero-order chi connectivity index (χ0) is 11.3. The zero-order valence-corrected chi connectivity index (χ0v) is 9.33. The topological polar surface area (TPSA) is 53.0 Å². The van der Waals surface area contributed by atoms with E-state index in [0.29, 0.717) is 6.54 Å². The lowest BCUT2D eigenvalue weighted by molar-refractivity contribution is 0.794. The van der Waals surface area contributed by atoms with Gasteiger partial charge in [0.1, 0.15) is 6.07 Å². The van der Waals surface area contributed by atoms with Gasteiger partial charge < -0.3 is 10.6 Å². The van der Waals surface area contributed by atoms with Gasteiger partial charge in [0.2, 0.25) is 0 Å². The Morgan fingerprint density at radius 3 is 2.80 bits per heavy atom. The minimum absolute atomic E-state index is 0.679. The lowest BCUT2D eigenvalue weighted by Crippen LogP contribution is -2.21. The van der Waals surface area contributed by atoms with Crippen LogP contribution in [0.25, 0.3) is 0 Å². The molecule has 0 fully saturated rings.